The highest BCUT2D eigenvalue weighted by Gasteiger charge is 2.29. The molecule has 0 bridgehead atoms. The maximum atomic E-state index is 11.5. The van der Waals surface area contributed by atoms with Crippen molar-refractivity contribution in [2.24, 2.45) is 10.4 Å². The lowest BCUT2D eigenvalue weighted by molar-refractivity contribution is 0.111. The molecule has 0 radical (unpaired) electrons. The van der Waals surface area contributed by atoms with E-state index in [0.29, 0.717) is 11.5 Å². The highest BCUT2D eigenvalue weighted by Crippen LogP contribution is 2.36. The fourth-order valence-electron chi connectivity index (χ4n) is 3.43. The molecule has 0 aromatic rings. The Balaban J connectivity index is 0.00000264. The molecule has 23 heavy (non-hydrogen) atoms. The Morgan fingerprint density at radius 2 is 1.91 bits per heavy atom. The number of carbonyl (C=O) groups is 1. The molecule has 6 nitrogen and oxygen atoms in total. The minimum absolute atomic E-state index is 0. The van der Waals surface area contributed by atoms with E-state index in [9.17, 15) is 4.79 Å². The summed E-state index contributed by atoms with van der Waals surface area (Å²) in [4.78, 5) is 17.6. The molecule has 1 aliphatic heterocycles. The van der Waals surface area contributed by atoms with Crippen LogP contribution in [-0.4, -0.2) is 56.8 Å². The lowest BCUT2D eigenvalue weighted by atomic mass is 9.89. The van der Waals surface area contributed by atoms with Gasteiger partial charge in [-0.2, -0.15) is 0 Å². The zero-order chi connectivity index (χ0) is 16.0. The molecule has 2 rings (SSSR count). The van der Waals surface area contributed by atoms with Gasteiger partial charge in [0.15, 0.2) is 5.96 Å². The molecule has 1 heterocycles. The zero-order valence-electron chi connectivity index (χ0n) is 14.6. The molecule has 0 spiro atoms. The molecule has 0 unspecified atom stereocenters. The van der Waals surface area contributed by atoms with Crippen LogP contribution in [-0.2, 0) is 4.74 Å². The maximum absolute atomic E-state index is 11.5. The number of amides is 1. The molecule has 0 aromatic carbocycles. The van der Waals surface area contributed by atoms with Crippen LogP contribution in [0, 0.1) is 5.41 Å². The third kappa shape index (κ3) is 6.00. The van der Waals surface area contributed by atoms with E-state index in [0.717, 1.165) is 38.4 Å². The molecule has 2 aliphatic rings. The normalized spacial score (nSPS) is 21.5. The second-order valence-corrected chi connectivity index (χ2v) is 6.82. The first-order valence-corrected chi connectivity index (χ1v) is 8.36. The number of carbonyl (C=O) groups excluding carboxylic acids is 1. The van der Waals surface area contributed by atoms with Crippen LogP contribution in [0.4, 0.5) is 4.79 Å². The van der Waals surface area contributed by atoms with Gasteiger partial charge in [0.25, 0.3) is 0 Å². The van der Waals surface area contributed by atoms with Crippen LogP contribution in [0.2, 0.25) is 0 Å². The molecule has 0 atom stereocenters. The summed E-state index contributed by atoms with van der Waals surface area (Å²) < 4.78 is 4.76. The SMILES string of the molecule is CN=C(NCC1(C)CCCC1)NC1CCN(C(=O)OC)CC1.I. The summed E-state index contributed by atoms with van der Waals surface area (Å²) in [5.74, 6) is 0.879. The van der Waals surface area contributed by atoms with Gasteiger partial charge in [-0.15, -0.1) is 24.0 Å². The first-order chi connectivity index (χ1) is 10.6. The second kappa shape index (κ2) is 9.54. The number of hydrogen-bond donors (Lipinski definition) is 2. The molecule has 2 fully saturated rings. The molecule has 2 N–H and O–H groups in total. The van der Waals surface area contributed by atoms with Crippen molar-refractivity contribution in [1.82, 2.24) is 15.5 Å². The Bertz CT molecular complexity index is 403. The van der Waals surface area contributed by atoms with E-state index in [2.05, 4.69) is 22.5 Å². The zero-order valence-corrected chi connectivity index (χ0v) is 16.9. The molecule has 1 amide bonds. The van der Waals surface area contributed by atoms with Crippen LogP contribution >= 0.6 is 24.0 Å². The van der Waals surface area contributed by atoms with Gasteiger partial charge in [0.2, 0.25) is 0 Å². The van der Waals surface area contributed by atoms with Crippen molar-refractivity contribution in [3.63, 3.8) is 0 Å². The van der Waals surface area contributed by atoms with Crippen molar-refractivity contribution in [1.29, 1.82) is 0 Å². The standard InChI is InChI=1S/C16H30N4O2.HI/c1-16(8-4-5-9-16)12-18-14(17-2)19-13-6-10-20(11-7-13)15(21)22-3;/h13H,4-12H2,1-3H3,(H2,17,18,19);1H. The lowest BCUT2D eigenvalue weighted by Crippen LogP contribution is -2.51. The van der Waals surface area contributed by atoms with Gasteiger partial charge in [0, 0.05) is 32.7 Å². The van der Waals surface area contributed by atoms with Crippen molar-refractivity contribution in [3.8, 4) is 0 Å². The number of nitrogens with zero attached hydrogens (tertiary/aromatic N) is 2. The van der Waals surface area contributed by atoms with Crippen molar-refractivity contribution >= 4 is 36.0 Å². The Hall–Kier alpha value is -0.730. The van der Waals surface area contributed by atoms with Gasteiger partial charge in [0.1, 0.15) is 0 Å². The number of likely N-dealkylation sites (tertiary alicyclic amines) is 1. The van der Waals surface area contributed by atoms with E-state index in [-0.39, 0.29) is 30.1 Å². The van der Waals surface area contributed by atoms with Crippen molar-refractivity contribution < 1.29 is 9.53 Å². The highest BCUT2D eigenvalue weighted by atomic mass is 127. The van der Waals surface area contributed by atoms with E-state index in [4.69, 9.17) is 4.74 Å². The number of hydrogen-bond acceptors (Lipinski definition) is 3. The van der Waals surface area contributed by atoms with E-state index < -0.39 is 0 Å². The molecule has 1 saturated heterocycles. The third-order valence-corrected chi connectivity index (χ3v) is 4.99. The largest absolute Gasteiger partial charge is 0.453 e. The molecular weight excluding hydrogens is 407 g/mol. The Morgan fingerprint density at radius 1 is 1.30 bits per heavy atom. The Labute approximate surface area is 156 Å². The van der Waals surface area contributed by atoms with Gasteiger partial charge in [-0.25, -0.2) is 4.79 Å². The van der Waals surface area contributed by atoms with Gasteiger partial charge in [-0.3, -0.25) is 4.99 Å². The summed E-state index contributed by atoms with van der Waals surface area (Å²) in [5, 5.41) is 6.96. The summed E-state index contributed by atoms with van der Waals surface area (Å²) >= 11 is 0. The number of ether oxygens (including phenoxy) is 1. The van der Waals surface area contributed by atoms with Gasteiger partial charge in [-0.1, -0.05) is 19.8 Å². The van der Waals surface area contributed by atoms with Crippen LogP contribution in [0.5, 0.6) is 0 Å². The molecule has 0 aromatic heterocycles. The highest BCUT2D eigenvalue weighted by molar-refractivity contribution is 14.0. The minimum atomic E-state index is -0.227. The van der Waals surface area contributed by atoms with Crippen LogP contribution in [0.25, 0.3) is 0 Å². The molecular formula is C16H31IN4O2. The van der Waals surface area contributed by atoms with Crippen molar-refractivity contribution in [2.45, 2.75) is 51.5 Å². The molecule has 134 valence electrons. The van der Waals surface area contributed by atoms with E-state index in [1.54, 1.807) is 4.90 Å². The Kier molecular flexibility index (Phi) is 8.42. The summed E-state index contributed by atoms with van der Waals surface area (Å²) in [7, 11) is 3.25. The average Bonchev–Trinajstić information content (AvgIpc) is 2.98. The molecule has 1 saturated carbocycles. The number of rotatable bonds is 3. The number of halogens is 1. The third-order valence-electron chi connectivity index (χ3n) is 4.99. The van der Waals surface area contributed by atoms with Gasteiger partial charge < -0.3 is 20.3 Å². The predicted octanol–water partition coefficient (Wildman–Crippen LogP) is 2.58. The summed E-state index contributed by atoms with van der Waals surface area (Å²) in [6.07, 6.45) is 6.91. The van der Waals surface area contributed by atoms with Crippen molar-refractivity contribution in [2.75, 3.05) is 33.8 Å². The molecule has 7 heteroatoms. The molecule has 1 aliphatic carbocycles. The first kappa shape index (κ1) is 20.3. The summed E-state index contributed by atoms with van der Waals surface area (Å²) in [6.45, 7) is 4.81. The lowest BCUT2D eigenvalue weighted by Gasteiger charge is -2.33. The van der Waals surface area contributed by atoms with Gasteiger partial charge in [-0.05, 0) is 31.1 Å². The first-order valence-electron chi connectivity index (χ1n) is 8.36. The predicted molar refractivity (Wildman–Crippen MR) is 103 cm³/mol. The van der Waals surface area contributed by atoms with E-state index in [1.165, 1.54) is 32.8 Å². The Morgan fingerprint density at radius 3 is 2.43 bits per heavy atom. The van der Waals surface area contributed by atoms with Crippen LogP contribution < -0.4 is 10.6 Å². The second-order valence-electron chi connectivity index (χ2n) is 6.82. The monoisotopic (exact) mass is 438 g/mol. The van der Waals surface area contributed by atoms with Crippen molar-refractivity contribution in [3.05, 3.63) is 0 Å². The fourth-order valence-corrected chi connectivity index (χ4v) is 3.43. The smallest absolute Gasteiger partial charge is 0.409 e. The number of guanidine groups is 1. The van der Waals surface area contributed by atoms with Gasteiger partial charge in [0.05, 0.1) is 7.11 Å². The average molecular weight is 438 g/mol. The van der Waals surface area contributed by atoms with Crippen LogP contribution in [0.1, 0.15) is 45.4 Å². The topological polar surface area (TPSA) is 66.0 Å². The number of aliphatic imine (C=N–C) groups is 1. The quantitative estimate of drug-likeness (QED) is 0.404. The summed E-state index contributed by atoms with van der Waals surface area (Å²) in [6, 6.07) is 0.364. The van der Waals surface area contributed by atoms with Gasteiger partial charge >= 0.3 is 6.09 Å². The maximum Gasteiger partial charge on any atom is 0.409 e. The van der Waals surface area contributed by atoms with Crippen LogP contribution in [0.3, 0.4) is 0 Å². The van der Waals surface area contributed by atoms with Crippen LogP contribution in [0.15, 0.2) is 4.99 Å². The van der Waals surface area contributed by atoms with E-state index >= 15 is 0 Å². The summed E-state index contributed by atoms with van der Waals surface area (Å²) in [5.41, 5.74) is 0.409. The number of nitrogens with one attached hydrogen (secondary N) is 2. The van der Waals surface area contributed by atoms with E-state index in [1.807, 2.05) is 7.05 Å². The fraction of sp³-hybridized carbons (Fsp3) is 0.875. The minimum Gasteiger partial charge on any atom is -0.453 e. The number of piperidine rings is 1. The number of methoxy groups -OCH3 is 1.